The quantitative estimate of drug-likeness (QED) is 0.891. The van der Waals surface area contributed by atoms with Crippen molar-refractivity contribution in [3.05, 3.63) is 29.8 Å². The third-order valence-electron chi connectivity index (χ3n) is 4.06. The maximum Gasteiger partial charge on any atom is 0.119 e. The summed E-state index contributed by atoms with van der Waals surface area (Å²) in [5, 5.41) is 10.1. The number of hydrogen-bond donors (Lipinski definition) is 1. The number of hydrogen-bond acceptors (Lipinski definition) is 2. The Balaban J connectivity index is 1.92. The molecule has 1 unspecified atom stereocenters. The van der Waals surface area contributed by atoms with E-state index in [1.165, 1.54) is 18.4 Å². The largest absolute Gasteiger partial charge is 0.491 e. The molecule has 1 aliphatic carbocycles. The molecule has 1 aromatic rings. The molecule has 1 N–H and O–H groups in total. The predicted octanol–water partition coefficient (Wildman–Crippen LogP) is 3.91. The number of benzene rings is 1. The molecular formula is C17H26O2. The second kappa shape index (κ2) is 5.96. The standard InChI is InChI=1S/C17H26O2/c1-17(2,3)14-9-6-10-15(11-14)19-12-16(18)13-7-4-5-8-13/h6,9-11,13,16,18H,4-5,7-8,12H2,1-3H3. The Labute approximate surface area is 116 Å². The van der Waals surface area contributed by atoms with Gasteiger partial charge in [0.05, 0.1) is 6.10 Å². The highest BCUT2D eigenvalue weighted by atomic mass is 16.5. The van der Waals surface area contributed by atoms with Crippen LogP contribution in [0.4, 0.5) is 0 Å². The first-order valence-corrected chi connectivity index (χ1v) is 7.38. The Hall–Kier alpha value is -1.02. The van der Waals surface area contributed by atoms with Crippen LogP contribution in [0.1, 0.15) is 52.0 Å². The molecule has 2 nitrogen and oxygen atoms in total. The summed E-state index contributed by atoms with van der Waals surface area (Å²) in [4.78, 5) is 0. The van der Waals surface area contributed by atoms with Crippen LogP contribution in [0.15, 0.2) is 24.3 Å². The van der Waals surface area contributed by atoms with Crippen LogP contribution in [0.5, 0.6) is 5.75 Å². The fraction of sp³-hybridized carbons (Fsp3) is 0.647. The van der Waals surface area contributed by atoms with Crippen LogP contribution in [0.25, 0.3) is 0 Å². The van der Waals surface area contributed by atoms with E-state index in [1.54, 1.807) is 0 Å². The van der Waals surface area contributed by atoms with E-state index in [0.29, 0.717) is 12.5 Å². The number of rotatable bonds is 4. The first kappa shape index (κ1) is 14.4. The van der Waals surface area contributed by atoms with E-state index in [4.69, 9.17) is 4.74 Å². The summed E-state index contributed by atoms with van der Waals surface area (Å²) in [7, 11) is 0. The van der Waals surface area contributed by atoms with Gasteiger partial charge in [0, 0.05) is 0 Å². The van der Waals surface area contributed by atoms with Crippen molar-refractivity contribution in [2.45, 2.75) is 58.0 Å². The van der Waals surface area contributed by atoms with Crippen molar-refractivity contribution in [3.8, 4) is 5.75 Å². The lowest BCUT2D eigenvalue weighted by molar-refractivity contribution is 0.0593. The topological polar surface area (TPSA) is 29.5 Å². The van der Waals surface area contributed by atoms with E-state index >= 15 is 0 Å². The van der Waals surface area contributed by atoms with Crippen molar-refractivity contribution in [1.82, 2.24) is 0 Å². The van der Waals surface area contributed by atoms with Gasteiger partial charge in [-0.3, -0.25) is 0 Å². The molecule has 2 heteroatoms. The van der Waals surface area contributed by atoms with Crippen molar-refractivity contribution in [2.75, 3.05) is 6.61 Å². The van der Waals surface area contributed by atoms with E-state index in [2.05, 4.69) is 32.9 Å². The van der Waals surface area contributed by atoms with Crippen molar-refractivity contribution >= 4 is 0 Å². The molecule has 1 atom stereocenters. The number of aliphatic hydroxyl groups excluding tert-OH is 1. The third-order valence-corrected chi connectivity index (χ3v) is 4.06. The molecule has 0 aliphatic heterocycles. The Kier molecular flexibility index (Phi) is 4.51. The highest BCUT2D eigenvalue weighted by Crippen LogP contribution is 2.29. The minimum absolute atomic E-state index is 0.128. The minimum atomic E-state index is -0.319. The molecule has 106 valence electrons. The van der Waals surface area contributed by atoms with Crippen LogP contribution < -0.4 is 4.74 Å². The van der Waals surface area contributed by atoms with Gasteiger partial charge in [-0.05, 0) is 41.9 Å². The van der Waals surface area contributed by atoms with Gasteiger partial charge in [-0.15, -0.1) is 0 Å². The molecule has 2 rings (SSSR count). The fourth-order valence-corrected chi connectivity index (χ4v) is 2.71. The van der Waals surface area contributed by atoms with Crippen LogP contribution in [0.3, 0.4) is 0 Å². The van der Waals surface area contributed by atoms with Gasteiger partial charge in [-0.1, -0.05) is 45.7 Å². The molecule has 0 saturated heterocycles. The molecule has 1 saturated carbocycles. The highest BCUT2D eigenvalue weighted by molar-refractivity contribution is 5.32. The van der Waals surface area contributed by atoms with Gasteiger partial charge in [0.2, 0.25) is 0 Å². The second-order valence-corrected chi connectivity index (χ2v) is 6.70. The van der Waals surface area contributed by atoms with Gasteiger partial charge in [0.15, 0.2) is 0 Å². The lowest BCUT2D eigenvalue weighted by atomic mass is 9.87. The zero-order valence-electron chi connectivity index (χ0n) is 12.4. The predicted molar refractivity (Wildman–Crippen MR) is 78.6 cm³/mol. The van der Waals surface area contributed by atoms with E-state index in [0.717, 1.165) is 18.6 Å². The van der Waals surface area contributed by atoms with Gasteiger partial charge in [-0.25, -0.2) is 0 Å². The summed E-state index contributed by atoms with van der Waals surface area (Å²) in [6, 6.07) is 8.20. The fourth-order valence-electron chi connectivity index (χ4n) is 2.71. The Morgan fingerprint density at radius 1 is 1.26 bits per heavy atom. The van der Waals surface area contributed by atoms with Gasteiger partial charge >= 0.3 is 0 Å². The second-order valence-electron chi connectivity index (χ2n) is 6.70. The Bertz CT molecular complexity index is 400. The maximum atomic E-state index is 10.1. The summed E-state index contributed by atoms with van der Waals surface area (Å²) >= 11 is 0. The average Bonchev–Trinajstić information content (AvgIpc) is 2.89. The summed E-state index contributed by atoms with van der Waals surface area (Å²) in [6.07, 6.45) is 4.47. The van der Waals surface area contributed by atoms with E-state index < -0.39 is 0 Å². The minimum Gasteiger partial charge on any atom is -0.491 e. The third kappa shape index (κ3) is 3.97. The summed E-state index contributed by atoms with van der Waals surface area (Å²) in [5.74, 6) is 1.30. The zero-order chi connectivity index (χ0) is 13.9. The molecule has 0 bridgehead atoms. The molecular weight excluding hydrogens is 236 g/mol. The van der Waals surface area contributed by atoms with Gasteiger partial charge in [-0.2, -0.15) is 0 Å². The molecule has 1 aliphatic rings. The molecule has 0 spiro atoms. The molecule has 19 heavy (non-hydrogen) atoms. The average molecular weight is 262 g/mol. The highest BCUT2D eigenvalue weighted by Gasteiger charge is 2.23. The first-order valence-electron chi connectivity index (χ1n) is 7.38. The molecule has 1 aromatic carbocycles. The summed E-state index contributed by atoms with van der Waals surface area (Å²) < 4.78 is 5.77. The van der Waals surface area contributed by atoms with Crippen LogP contribution >= 0.6 is 0 Å². The van der Waals surface area contributed by atoms with Gasteiger partial charge in [0.25, 0.3) is 0 Å². The van der Waals surface area contributed by atoms with E-state index in [-0.39, 0.29) is 11.5 Å². The SMILES string of the molecule is CC(C)(C)c1cccc(OCC(O)C2CCCC2)c1. The van der Waals surface area contributed by atoms with Crippen LogP contribution in [0.2, 0.25) is 0 Å². The van der Waals surface area contributed by atoms with Gasteiger partial charge in [0.1, 0.15) is 12.4 Å². The van der Waals surface area contributed by atoms with Crippen LogP contribution in [0, 0.1) is 5.92 Å². The van der Waals surface area contributed by atoms with Crippen LogP contribution in [-0.4, -0.2) is 17.8 Å². The van der Waals surface area contributed by atoms with Crippen molar-refractivity contribution < 1.29 is 9.84 Å². The Morgan fingerprint density at radius 3 is 2.58 bits per heavy atom. The van der Waals surface area contributed by atoms with Crippen molar-refractivity contribution in [2.24, 2.45) is 5.92 Å². The number of aliphatic hydroxyl groups is 1. The summed E-state index contributed by atoms with van der Waals surface area (Å²) in [6.45, 7) is 7.00. The molecule has 0 aromatic heterocycles. The van der Waals surface area contributed by atoms with Crippen LogP contribution in [-0.2, 0) is 5.41 Å². The lowest BCUT2D eigenvalue weighted by Crippen LogP contribution is -2.25. The summed E-state index contributed by atoms with van der Waals surface area (Å²) in [5.41, 5.74) is 1.39. The monoisotopic (exact) mass is 262 g/mol. The first-order chi connectivity index (χ1) is 8.97. The normalized spacial score (nSPS) is 18.5. The molecule has 1 fully saturated rings. The zero-order valence-corrected chi connectivity index (χ0v) is 12.4. The van der Waals surface area contributed by atoms with E-state index in [9.17, 15) is 5.11 Å². The van der Waals surface area contributed by atoms with Crippen molar-refractivity contribution in [1.29, 1.82) is 0 Å². The smallest absolute Gasteiger partial charge is 0.119 e. The van der Waals surface area contributed by atoms with Gasteiger partial charge < -0.3 is 9.84 Å². The number of ether oxygens (including phenoxy) is 1. The molecule has 0 amide bonds. The maximum absolute atomic E-state index is 10.1. The molecule has 0 heterocycles. The van der Waals surface area contributed by atoms with Crippen molar-refractivity contribution in [3.63, 3.8) is 0 Å². The Morgan fingerprint density at radius 2 is 1.95 bits per heavy atom. The molecule has 0 radical (unpaired) electrons. The lowest BCUT2D eigenvalue weighted by Gasteiger charge is -2.21. The van der Waals surface area contributed by atoms with E-state index in [1.807, 2.05) is 12.1 Å².